The number of nitrogens with two attached hydrogens (primary N) is 1. The summed E-state index contributed by atoms with van der Waals surface area (Å²) in [5.74, 6) is 0.522. The largest absolute Gasteiger partial charge is 0.382 e. The first-order valence-electron chi connectivity index (χ1n) is 6.95. The van der Waals surface area contributed by atoms with Gasteiger partial charge in [-0.05, 0) is 56.0 Å². The zero-order chi connectivity index (χ0) is 13.8. The van der Waals surface area contributed by atoms with Gasteiger partial charge in [-0.1, -0.05) is 6.42 Å². The number of benzene rings is 1. The number of carbonyl (C=O) groups excluding carboxylic acids is 1. The monoisotopic (exact) mass is 261 g/mol. The van der Waals surface area contributed by atoms with Gasteiger partial charge in [0, 0.05) is 24.3 Å². The predicted molar refractivity (Wildman–Crippen MR) is 78.4 cm³/mol. The van der Waals surface area contributed by atoms with E-state index in [0.29, 0.717) is 17.5 Å². The van der Waals surface area contributed by atoms with Crippen LogP contribution in [0.25, 0.3) is 0 Å². The Morgan fingerprint density at radius 2 is 2.21 bits per heavy atom. The molecule has 0 radical (unpaired) electrons. The molecule has 0 aromatic heterocycles. The molecule has 1 fully saturated rings. The Hall–Kier alpha value is -1.55. The molecule has 1 aliphatic rings. The second kappa shape index (κ2) is 6.06. The second-order valence-electron chi connectivity index (χ2n) is 5.29. The predicted octanol–water partition coefficient (Wildman–Crippen LogP) is 1.89. The van der Waals surface area contributed by atoms with Crippen molar-refractivity contribution >= 4 is 11.6 Å². The highest BCUT2D eigenvalue weighted by molar-refractivity contribution is 5.94. The molecule has 0 heterocycles. The van der Waals surface area contributed by atoms with Crippen LogP contribution in [-0.4, -0.2) is 25.5 Å². The molecule has 1 amide bonds. The van der Waals surface area contributed by atoms with Crippen molar-refractivity contribution < 1.29 is 4.79 Å². The summed E-state index contributed by atoms with van der Waals surface area (Å²) >= 11 is 0. The van der Waals surface area contributed by atoms with Gasteiger partial charge in [-0.2, -0.15) is 0 Å². The van der Waals surface area contributed by atoms with Crippen molar-refractivity contribution in [3.05, 3.63) is 29.3 Å². The van der Waals surface area contributed by atoms with Gasteiger partial charge in [-0.15, -0.1) is 0 Å². The Bertz CT molecular complexity index is 459. The van der Waals surface area contributed by atoms with Gasteiger partial charge in [-0.3, -0.25) is 4.79 Å². The van der Waals surface area contributed by atoms with Crippen LogP contribution in [0.15, 0.2) is 18.2 Å². The average molecular weight is 261 g/mol. The minimum atomic E-state index is -0.0460. The van der Waals surface area contributed by atoms with E-state index in [1.54, 1.807) is 7.05 Å². The minimum Gasteiger partial charge on any atom is -0.382 e. The van der Waals surface area contributed by atoms with Crippen molar-refractivity contribution in [3.8, 4) is 0 Å². The van der Waals surface area contributed by atoms with Gasteiger partial charge >= 0.3 is 0 Å². The number of hydrogen-bond donors (Lipinski definition) is 3. The lowest BCUT2D eigenvalue weighted by Gasteiger charge is -2.22. The molecule has 4 heteroatoms. The van der Waals surface area contributed by atoms with Gasteiger partial charge in [0.25, 0.3) is 5.91 Å². The molecular formula is C15H23N3O. The molecule has 0 saturated heterocycles. The molecule has 4 nitrogen and oxygen atoms in total. The lowest BCUT2D eigenvalue weighted by molar-refractivity contribution is 0.0963. The van der Waals surface area contributed by atoms with E-state index in [-0.39, 0.29) is 5.91 Å². The number of rotatable bonds is 4. The number of nitrogens with one attached hydrogen (secondary N) is 2. The van der Waals surface area contributed by atoms with Crippen molar-refractivity contribution in [1.29, 1.82) is 0 Å². The highest BCUT2D eigenvalue weighted by Crippen LogP contribution is 2.29. The zero-order valence-electron chi connectivity index (χ0n) is 11.7. The van der Waals surface area contributed by atoms with Crippen LogP contribution in [-0.2, 0) is 0 Å². The van der Waals surface area contributed by atoms with Crippen LogP contribution >= 0.6 is 0 Å². The quantitative estimate of drug-likeness (QED) is 0.775. The number of aryl methyl sites for hydroxylation is 1. The smallest absolute Gasteiger partial charge is 0.251 e. The van der Waals surface area contributed by atoms with Crippen molar-refractivity contribution in [3.63, 3.8) is 0 Å². The van der Waals surface area contributed by atoms with Crippen molar-refractivity contribution in [2.45, 2.75) is 32.2 Å². The normalized spacial score (nSPS) is 22.3. The molecule has 4 N–H and O–H groups in total. The van der Waals surface area contributed by atoms with E-state index in [2.05, 4.69) is 10.6 Å². The van der Waals surface area contributed by atoms with Crippen molar-refractivity contribution in [2.24, 2.45) is 11.7 Å². The molecule has 1 aromatic carbocycles. The molecular weight excluding hydrogens is 238 g/mol. The molecule has 2 atom stereocenters. The van der Waals surface area contributed by atoms with Crippen molar-refractivity contribution in [1.82, 2.24) is 5.32 Å². The molecule has 0 spiro atoms. The Morgan fingerprint density at radius 3 is 2.84 bits per heavy atom. The molecule has 1 aliphatic carbocycles. The maximum absolute atomic E-state index is 11.6. The van der Waals surface area contributed by atoms with E-state index in [9.17, 15) is 4.79 Å². The maximum Gasteiger partial charge on any atom is 0.251 e. The topological polar surface area (TPSA) is 67.2 Å². The number of amides is 1. The average Bonchev–Trinajstić information content (AvgIpc) is 2.87. The molecule has 1 aromatic rings. The van der Waals surface area contributed by atoms with Crippen LogP contribution in [0.4, 0.5) is 5.69 Å². The number of carbonyl (C=O) groups is 1. The van der Waals surface area contributed by atoms with Crippen LogP contribution in [0, 0.1) is 12.8 Å². The van der Waals surface area contributed by atoms with Gasteiger partial charge < -0.3 is 16.4 Å². The Morgan fingerprint density at radius 1 is 1.42 bits per heavy atom. The van der Waals surface area contributed by atoms with Crippen LogP contribution in [0.3, 0.4) is 0 Å². The molecule has 104 valence electrons. The summed E-state index contributed by atoms with van der Waals surface area (Å²) in [6.45, 7) is 2.77. The molecule has 2 rings (SSSR count). The third-order valence-corrected chi connectivity index (χ3v) is 4.02. The number of anilines is 1. The van der Waals surface area contributed by atoms with Gasteiger partial charge in [-0.25, -0.2) is 0 Å². The summed E-state index contributed by atoms with van der Waals surface area (Å²) in [4.78, 5) is 11.6. The van der Waals surface area contributed by atoms with E-state index < -0.39 is 0 Å². The summed E-state index contributed by atoms with van der Waals surface area (Å²) in [6, 6.07) is 6.24. The van der Waals surface area contributed by atoms with Crippen LogP contribution in [0.2, 0.25) is 0 Å². The summed E-state index contributed by atoms with van der Waals surface area (Å²) < 4.78 is 0. The van der Waals surface area contributed by atoms with Gasteiger partial charge in [0.15, 0.2) is 0 Å². The highest BCUT2D eigenvalue weighted by atomic mass is 16.1. The van der Waals surface area contributed by atoms with Crippen LogP contribution in [0.1, 0.15) is 35.2 Å². The molecule has 1 saturated carbocycles. The first-order valence-corrected chi connectivity index (χ1v) is 6.95. The second-order valence-corrected chi connectivity index (χ2v) is 5.29. The third-order valence-electron chi connectivity index (χ3n) is 4.02. The molecule has 0 bridgehead atoms. The van der Waals surface area contributed by atoms with Crippen molar-refractivity contribution in [2.75, 3.05) is 18.9 Å². The Balaban J connectivity index is 2.11. The Labute approximate surface area is 114 Å². The molecule has 19 heavy (non-hydrogen) atoms. The fraction of sp³-hybridized carbons (Fsp3) is 0.533. The fourth-order valence-electron chi connectivity index (χ4n) is 2.82. The van der Waals surface area contributed by atoms with Gasteiger partial charge in [0.2, 0.25) is 0 Å². The summed E-state index contributed by atoms with van der Waals surface area (Å²) in [5, 5.41) is 6.22. The summed E-state index contributed by atoms with van der Waals surface area (Å²) in [7, 11) is 1.65. The standard InChI is InChI=1S/C15H23N3O/c1-10-8-11(15(19)17-2)6-7-13(10)18-14-5-3-4-12(14)9-16/h6-8,12,14,18H,3-5,9,16H2,1-2H3,(H,17,19). The molecule has 0 aliphatic heterocycles. The Kier molecular flexibility index (Phi) is 4.43. The SMILES string of the molecule is CNC(=O)c1ccc(NC2CCCC2CN)c(C)c1. The molecule has 2 unspecified atom stereocenters. The van der Waals surface area contributed by atoms with Gasteiger partial charge in [0.1, 0.15) is 0 Å². The third kappa shape index (κ3) is 3.07. The highest BCUT2D eigenvalue weighted by Gasteiger charge is 2.26. The van der Waals surface area contributed by atoms with E-state index in [0.717, 1.165) is 17.8 Å². The first-order chi connectivity index (χ1) is 9.15. The van der Waals surface area contributed by atoms with Crippen LogP contribution in [0.5, 0.6) is 0 Å². The minimum absolute atomic E-state index is 0.0460. The van der Waals surface area contributed by atoms with E-state index in [1.165, 1.54) is 19.3 Å². The van der Waals surface area contributed by atoms with Crippen LogP contribution < -0.4 is 16.4 Å². The summed E-state index contributed by atoms with van der Waals surface area (Å²) in [6.07, 6.45) is 3.64. The lowest BCUT2D eigenvalue weighted by atomic mass is 10.0. The maximum atomic E-state index is 11.6. The van der Waals surface area contributed by atoms with E-state index in [4.69, 9.17) is 5.73 Å². The van der Waals surface area contributed by atoms with E-state index in [1.807, 2.05) is 25.1 Å². The van der Waals surface area contributed by atoms with E-state index >= 15 is 0 Å². The summed E-state index contributed by atoms with van der Waals surface area (Å²) in [5.41, 5.74) is 8.72. The number of hydrogen-bond acceptors (Lipinski definition) is 3. The zero-order valence-corrected chi connectivity index (χ0v) is 11.7. The lowest BCUT2D eigenvalue weighted by Crippen LogP contribution is -2.29. The fourth-order valence-corrected chi connectivity index (χ4v) is 2.82. The van der Waals surface area contributed by atoms with Gasteiger partial charge in [0.05, 0.1) is 0 Å². The first kappa shape index (κ1) is 13.9.